The number of ether oxygens (including phenoxy) is 1. The van der Waals surface area contributed by atoms with Gasteiger partial charge in [-0.2, -0.15) is 0 Å². The number of imidazole rings is 1. The van der Waals surface area contributed by atoms with Crippen LogP contribution in [-0.4, -0.2) is 21.6 Å². The number of pyridine rings is 1. The van der Waals surface area contributed by atoms with Crippen molar-refractivity contribution in [3.05, 3.63) is 52.6 Å². The fourth-order valence-electron chi connectivity index (χ4n) is 2.19. The fraction of sp³-hybridized carbons (Fsp3) is 0.143. The molecule has 96 valence electrons. The number of methoxy groups -OCH3 is 1. The zero-order valence-corrected chi connectivity index (χ0v) is 10.7. The van der Waals surface area contributed by atoms with Gasteiger partial charge in [0, 0.05) is 5.56 Å². The minimum absolute atomic E-state index is 0.174. The summed E-state index contributed by atoms with van der Waals surface area (Å²) in [7, 11) is 1.58. The van der Waals surface area contributed by atoms with Crippen molar-refractivity contribution < 1.29 is 4.74 Å². The fourth-order valence-corrected chi connectivity index (χ4v) is 2.19. The van der Waals surface area contributed by atoms with E-state index in [0.29, 0.717) is 5.88 Å². The lowest BCUT2D eigenvalue weighted by molar-refractivity contribution is 0.394. The molecule has 0 spiro atoms. The van der Waals surface area contributed by atoms with E-state index in [1.807, 2.05) is 37.3 Å². The first-order chi connectivity index (χ1) is 9.20. The molecule has 0 amide bonds. The lowest BCUT2D eigenvalue weighted by Crippen LogP contribution is -2.15. The number of aryl methyl sites for hydroxylation is 1. The Labute approximate surface area is 109 Å². The van der Waals surface area contributed by atoms with E-state index in [9.17, 15) is 4.79 Å². The highest BCUT2D eigenvalue weighted by Crippen LogP contribution is 2.19. The number of hydrogen-bond acceptors (Lipinski definition) is 3. The van der Waals surface area contributed by atoms with Crippen LogP contribution in [0.4, 0.5) is 0 Å². The topological polar surface area (TPSA) is 59.9 Å². The van der Waals surface area contributed by atoms with E-state index in [0.717, 1.165) is 22.3 Å². The summed E-state index contributed by atoms with van der Waals surface area (Å²) in [5.41, 5.74) is 3.07. The third kappa shape index (κ3) is 1.79. The Hall–Kier alpha value is -2.56. The first-order valence-electron chi connectivity index (χ1n) is 5.91. The Morgan fingerprint density at radius 1 is 1.32 bits per heavy atom. The molecule has 0 aliphatic carbocycles. The van der Waals surface area contributed by atoms with Gasteiger partial charge in [-0.3, -0.25) is 4.57 Å². The van der Waals surface area contributed by atoms with Crippen molar-refractivity contribution in [3.8, 4) is 11.6 Å². The third-order valence-electron chi connectivity index (χ3n) is 3.06. The second-order valence-corrected chi connectivity index (χ2v) is 4.30. The van der Waals surface area contributed by atoms with Crippen molar-refractivity contribution in [3.63, 3.8) is 0 Å². The monoisotopic (exact) mass is 255 g/mol. The summed E-state index contributed by atoms with van der Waals surface area (Å²) < 4.78 is 6.73. The Bertz CT molecular complexity index is 802. The number of hydrogen-bond donors (Lipinski definition) is 1. The summed E-state index contributed by atoms with van der Waals surface area (Å²) in [6.07, 6.45) is 1.63. The lowest BCUT2D eigenvalue weighted by Gasteiger charge is -2.07. The molecule has 0 saturated heterocycles. The highest BCUT2D eigenvalue weighted by Gasteiger charge is 2.10. The Kier molecular flexibility index (Phi) is 2.59. The molecule has 19 heavy (non-hydrogen) atoms. The zero-order chi connectivity index (χ0) is 13.4. The largest absolute Gasteiger partial charge is 0.481 e. The van der Waals surface area contributed by atoms with Crippen LogP contribution < -0.4 is 10.4 Å². The highest BCUT2D eigenvalue weighted by atomic mass is 16.5. The van der Waals surface area contributed by atoms with E-state index in [2.05, 4.69) is 9.97 Å². The molecular weight excluding hydrogens is 242 g/mol. The Morgan fingerprint density at radius 2 is 2.11 bits per heavy atom. The minimum atomic E-state index is -0.174. The van der Waals surface area contributed by atoms with E-state index < -0.39 is 0 Å². The minimum Gasteiger partial charge on any atom is -0.481 e. The van der Waals surface area contributed by atoms with E-state index in [1.54, 1.807) is 17.9 Å². The van der Waals surface area contributed by atoms with E-state index >= 15 is 0 Å². The van der Waals surface area contributed by atoms with E-state index in [4.69, 9.17) is 4.74 Å². The molecule has 2 heterocycles. The molecule has 0 radical (unpaired) electrons. The smallest absolute Gasteiger partial charge is 0.331 e. The van der Waals surface area contributed by atoms with Crippen LogP contribution in [0.3, 0.4) is 0 Å². The van der Waals surface area contributed by atoms with E-state index in [1.165, 1.54) is 0 Å². The number of fused-ring (bicyclic) bond motifs is 1. The quantitative estimate of drug-likeness (QED) is 0.762. The molecule has 0 aliphatic heterocycles. The van der Waals surface area contributed by atoms with Gasteiger partial charge in [0.1, 0.15) is 0 Å². The maximum Gasteiger partial charge on any atom is 0.331 e. The summed E-state index contributed by atoms with van der Waals surface area (Å²) in [6, 6.07) is 9.44. The average Bonchev–Trinajstić information content (AvgIpc) is 2.74. The van der Waals surface area contributed by atoms with Crippen LogP contribution in [0.2, 0.25) is 0 Å². The molecule has 0 atom stereocenters. The summed E-state index contributed by atoms with van der Waals surface area (Å²) >= 11 is 0. The van der Waals surface area contributed by atoms with E-state index in [-0.39, 0.29) is 5.69 Å². The number of benzene rings is 1. The van der Waals surface area contributed by atoms with Crippen LogP contribution in [0.1, 0.15) is 5.56 Å². The first-order valence-corrected chi connectivity index (χ1v) is 5.91. The van der Waals surface area contributed by atoms with Gasteiger partial charge in [-0.25, -0.2) is 9.78 Å². The first kappa shape index (κ1) is 11.5. The number of nitrogens with zero attached hydrogens (tertiary/aromatic N) is 2. The summed E-state index contributed by atoms with van der Waals surface area (Å²) in [4.78, 5) is 19.1. The molecule has 0 aliphatic rings. The number of H-pyrrole nitrogens is 1. The van der Waals surface area contributed by atoms with Crippen molar-refractivity contribution in [1.29, 1.82) is 0 Å². The molecular formula is C14H13N3O2. The molecule has 0 fully saturated rings. The van der Waals surface area contributed by atoms with Crippen LogP contribution in [0.5, 0.6) is 5.88 Å². The SMILES string of the molecule is COc1ncc(-n2c(=O)[nH]c3ccccc32)cc1C. The van der Waals surface area contributed by atoms with Gasteiger partial charge >= 0.3 is 5.69 Å². The Morgan fingerprint density at radius 3 is 2.84 bits per heavy atom. The summed E-state index contributed by atoms with van der Waals surface area (Å²) in [6.45, 7) is 1.90. The average molecular weight is 255 g/mol. The number of nitrogens with one attached hydrogen (secondary N) is 1. The number of aromatic nitrogens is 3. The van der Waals surface area contributed by atoms with Gasteiger partial charge in [-0.05, 0) is 25.1 Å². The van der Waals surface area contributed by atoms with Crippen molar-refractivity contribution in [2.24, 2.45) is 0 Å². The van der Waals surface area contributed by atoms with Gasteiger partial charge in [-0.15, -0.1) is 0 Å². The molecule has 1 N–H and O–H groups in total. The Balaban J connectivity index is 2.27. The maximum absolute atomic E-state index is 12.1. The normalized spacial score (nSPS) is 10.8. The lowest BCUT2D eigenvalue weighted by atomic mass is 10.2. The highest BCUT2D eigenvalue weighted by molar-refractivity contribution is 5.77. The predicted molar refractivity (Wildman–Crippen MR) is 73.0 cm³/mol. The van der Waals surface area contributed by atoms with Crippen LogP contribution >= 0.6 is 0 Å². The maximum atomic E-state index is 12.1. The van der Waals surface area contributed by atoms with Gasteiger partial charge in [-0.1, -0.05) is 12.1 Å². The second-order valence-electron chi connectivity index (χ2n) is 4.30. The molecule has 0 unspecified atom stereocenters. The molecule has 0 bridgehead atoms. The number of aromatic amines is 1. The van der Waals surface area contributed by atoms with Gasteiger partial charge in [0.2, 0.25) is 5.88 Å². The molecule has 1 aromatic carbocycles. The zero-order valence-electron chi connectivity index (χ0n) is 10.7. The molecule has 3 rings (SSSR count). The van der Waals surface area contributed by atoms with Crippen molar-refractivity contribution >= 4 is 11.0 Å². The van der Waals surface area contributed by atoms with Gasteiger partial charge < -0.3 is 9.72 Å². The number of rotatable bonds is 2. The van der Waals surface area contributed by atoms with Crippen LogP contribution in [0.25, 0.3) is 16.7 Å². The third-order valence-corrected chi connectivity index (χ3v) is 3.06. The summed E-state index contributed by atoms with van der Waals surface area (Å²) in [5, 5.41) is 0. The molecule has 2 aromatic heterocycles. The van der Waals surface area contributed by atoms with Crippen molar-refractivity contribution in [2.75, 3.05) is 7.11 Å². The van der Waals surface area contributed by atoms with Crippen LogP contribution in [-0.2, 0) is 0 Å². The molecule has 5 heteroatoms. The van der Waals surface area contributed by atoms with Crippen molar-refractivity contribution in [2.45, 2.75) is 6.92 Å². The van der Waals surface area contributed by atoms with Gasteiger partial charge in [0.15, 0.2) is 0 Å². The number of para-hydroxylation sites is 2. The summed E-state index contributed by atoms with van der Waals surface area (Å²) in [5.74, 6) is 0.566. The van der Waals surface area contributed by atoms with Gasteiger partial charge in [0.25, 0.3) is 0 Å². The van der Waals surface area contributed by atoms with Crippen LogP contribution in [0, 0.1) is 6.92 Å². The standard InChI is InChI=1S/C14H13N3O2/c1-9-7-10(8-15-13(9)19-2)17-12-6-4-3-5-11(12)16-14(17)18/h3-8H,1-2H3,(H,16,18). The molecule has 3 aromatic rings. The second kappa shape index (κ2) is 4.28. The van der Waals surface area contributed by atoms with Crippen molar-refractivity contribution in [1.82, 2.24) is 14.5 Å². The predicted octanol–water partition coefficient (Wildman–Crippen LogP) is 2.03. The van der Waals surface area contributed by atoms with Gasteiger partial charge in [0.05, 0.1) is 30.0 Å². The molecule has 0 saturated carbocycles. The van der Waals surface area contributed by atoms with Crippen LogP contribution in [0.15, 0.2) is 41.3 Å². The molecule has 5 nitrogen and oxygen atoms in total.